The van der Waals surface area contributed by atoms with Gasteiger partial charge in [-0.05, 0) is 54.4 Å². The van der Waals surface area contributed by atoms with Gasteiger partial charge < -0.3 is 10.2 Å². The van der Waals surface area contributed by atoms with Crippen LogP contribution in [-0.4, -0.2) is 23.3 Å². The van der Waals surface area contributed by atoms with E-state index in [4.69, 9.17) is 0 Å². The van der Waals surface area contributed by atoms with Gasteiger partial charge in [0.15, 0.2) is 0 Å². The van der Waals surface area contributed by atoms with E-state index in [0.717, 1.165) is 23.0 Å². The lowest BCUT2D eigenvalue weighted by Crippen LogP contribution is -2.28. The van der Waals surface area contributed by atoms with Crippen LogP contribution >= 0.6 is 0 Å². The molecule has 2 amide bonds. The molecule has 0 fully saturated rings. The van der Waals surface area contributed by atoms with E-state index in [9.17, 15) is 9.59 Å². The molecule has 1 aliphatic heterocycles. The Kier molecular flexibility index (Phi) is 4.48. The zero-order chi connectivity index (χ0) is 20.5. The highest BCUT2D eigenvalue weighted by molar-refractivity contribution is 6.10. The quantitative estimate of drug-likeness (QED) is 0.549. The van der Waals surface area contributed by atoms with Gasteiger partial charge in [0.25, 0.3) is 11.8 Å². The van der Waals surface area contributed by atoms with Crippen molar-refractivity contribution in [2.24, 2.45) is 0 Å². The highest BCUT2D eigenvalue weighted by Gasteiger charge is 2.25. The Labute approximate surface area is 174 Å². The Morgan fingerprint density at radius 1 is 0.833 bits per heavy atom. The van der Waals surface area contributed by atoms with E-state index in [-0.39, 0.29) is 11.8 Å². The second-order valence-corrected chi connectivity index (χ2v) is 7.25. The monoisotopic (exact) mass is 393 g/mol. The number of benzene rings is 3. The molecule has 5 heteroatoms. The molecule has 0 saturated heterocycles. The number of carbonyl (C=O) groups is 2. The van der Waals surface area contributed by atoms with Crippen molar-refractivity contribution in [1.29, 1.82) is 0 Å². The molecule has 5 nitrogen and oxygen atoms in total. The maximum atomic E-state index is 12.9. The van der Waals surface area contributed by atoms with Gasteiger partial charge in [0.1, 0.15) is 0 Å². The van der Waals surface area contributed by atoms with Crippen LogP contribution in [0.15, 0.2) is 85.1 Å². The predicted octanol–water partition coefficient (Wildman–Crippen LogP) is 4.69. The number of hydrogen-bond donors (Lipinski definition) is 1. The topological polar surface area (TPSA) is 62.3 Å². The minimum absolute atomic E-state index is 0.0508. The van der Waals surface area contributed by atoms with E-state index < -0.39 is 0 Å². The predicted molar refractivity (Wildman–Crippen MR) is 118 cm³/mol. The Morgan fingerprint density at radius 2 is 1.60 bits per heavy atom. The Hall–Kier alpha value is -3.99. The average molecular weight is 393 g/mol. The number of carbonyl (C=O) groups excluding carboxylic acids is 2. The molecule has 0 unspecified atom stereocenters. The largest absolute Gasteiger partial charge is 0.320 e. The van der Waals surface area contributed by atoms with Crippen molar-refractivity contribution in [3.63, 3.8) is 0 Å². The summed E-state index contributed by atoms with van der Waals surface area (Å²) < 4.78 is 0. The van der Waals surface area contributed by atoms with E-state index in [0.29, 0.717) is 23.4 Å². The van der Waals surface area contributed by atoms with Crippen molar-refractivity contribution < 1.29 is 9.59 Å². The Bertz CT molecular complexity index is 1260. The number of hydrogen-bond acceptors (Lipinski definition) is 3. The SMILES string of the molecule is O=C(Nc1cccc2cccnc12)c1ccc(C(=O)N2CCc3ccccc32)cc1. The number of fused-ring (bicyclic) bond motifs is 2. The maximum absolute atomic E-state index is 12.9. The third-order valence-corrected chi connectivity index (χ3v) is 5.41. The van der Waals surface area contributed by atoms with Crippen LogP contribution < -0.4 is 10.2 Å². The van der Waals surface area contributed by atoms with E-state index in [1.807, 2.05) is 48.5 Å². The molecule has 1 aromatic heterocycles. The van der Waals surface area contributed by atoms with Crippen molar-refractivity contribution in [1.82, 2.24) is 4.98 Å². The number of amides is 2. The molecule has 30 heavy (non-hydrogen) atoms. The third kappa shape index (κ3) is 3.20. The highest BCUT2D eigenvalue weighted by atomic mass is 16.2. The standard InChI is InChI=1S/C25H19N3O2/c29-24(27-21-8-3-6-18-7-4-15-26-23(18)21)19-10-12-20(13-11-19)25(30)28-16-14-17-5-1-2-9-22(17)28/h1-13,15H,14,16H2,(H,27,29). The van der Waals surface area contributed by atoms with Crippen LogP contribution in [0.1, 0.15) is 26.3 Å². The van der Waals surface area contributed by atoms with Gasteiger partial charge in [-0.3, -0.25) is 14.6 Å². The van der Waals surface area contributed by atoms with Crippen molar-refractivity contribution in [3.05, 3.63) is 102 Å². The lowest BCUT2D eigenvalue weighted by Gasteiger charge is -2.17. The molecule has 0 bridgehead atoms. The molecule has 0 aliphatic carbocycles. The van der Waals surface area contributed by atoms with Gasteiger partial charge in [-0.2, -0.15) is 0 Å². The van der Waals surface area contributed by atoms with Gasteiger partial charge in [-0.25, -0.2) is 0 Å². The summed E-state index contributed by atoms with van der Waals surface area (Å²) in [7, 11) is 0. The molecule has 0 radical (unpaired) electrons. The molecular weight excluding hydrogens is 374 g/mol. The van der Waals surface area contributed by atoms with Crippen LogP contribution in [0.5, 0.6) is 0 Å². The summed E-state index contributed by atoms with van der Waals surface area (Å²) in [5.74, 6) is -0.288. The molecule has 5 rings (SSSR count). The molecular formula is C25H19N3O2. The summed E-state index contributed by atoms with van der Waals surface area (Å²) in [6.45, 7) is 0.675. The molecule has 1 N–H and O–H groups in total. The maximum Gasteiger partial charge on any atom is 0.258 e. The summed E-state index contributed by atoms with van der Waals surface area (Å²) in [4.78, 5) is 31.8. The summed E-state index contributed by atoms with van der Waals surface area (Å²) in [6.07, 6.45) is 2.57. The molecule has 3 aromatic carbocycles. The van der Waals surface area contributed by atoms with Gasteiger partial charge in [0.05, 0.1) is 11.2 Å². The Balaban J connectivity index is 1.35. The number of anilines is 2. The van der Waals surface area contributed by atoms with Gasteiger partial charge >= 0.3 is 0 Å². The number of nitrogens with one attached hydrogen (secondary N) is 1. The normalized spacial score (nSPS) is 12.6. The minimum Gasteiger partial charge on any atom is -0.320 e. The molecule has 1 aliphatic rings. The molecule has 146 valence electrons. The van der Waals surface area contributed by atoms with Crippen LogP contribution in [-0.2, 0) is 6.42 Å². The van der Waals surface area contributed by atoms with E-state index in [2.05, 4.69) is 16.4 Å². The first-order valence-electron chi connectivity index (χ1n) is 9.86. The van der Waals surface area contributed by atoms with Gasteiger partial charge in [0.2, 0.25) is 0 Å². The van der Waals surface area contributed by atoms with Crippen molar-refractivity contribution >= 4 is 34.1 Å². The molecule has 0 spiro atoms. The molecule has 4 aromatic rings. The van der Waals surface area contributed by atoms with E-state index in [1.54, 1.807) is 35.4 Å². The first-order valence-corrected chi connectivity index (χ1v) is 9.86. The first kappa shape index (κ1) is 18.1. The second-order valence-electron chi connectivity index (χ2n) is 7.25. The summed E-state index contributed by atoms with van der Waals surface area (Å²) >= 11 is 0. The van der Waals surface area contributed by atoms with Crippen LogP contribution in [0, 0.1) is 0 Å². The summed E-state index contributed by atoms with van der Waals surface area (Å²) in [5.41, 5.74) is 4.61. The smallest absolute Gasteiger partial charge is 0.258 e. The van der Waals surface area contributed by atoms with Gasteiger partial charge in [-0.15, -0.1) is 0 Å². The molecule has 0 atom stereocenters. The third-order valence-electron chi connectivity index (χ3n) is 5.41. The lowest BCUT2D eigenvalue weighted by atomic mass is 10.1. The van der Waals surface area contributed by atoms with Crippen LogP contribution in [0.4, 0.5) is 11.4 Å². The van der Waals surface area contributed by atoms with Crippen molar-refractivity contribution in [3.8, 4) is 0 Å². The number of pyridine rings is 1. The summed E-state index contributed by atoms with van der Waals surface area (Å²) in [6, 6.07) is 24.2. The minimum atomic E-state index is -0.237. The Morgan fingerprint density at radius 3 is 2.47 bits per heavy atom. The zero-order valence-electron chi connectivity index (χ0n) is 16.2. The number of para-hydroxylation sites is 2. The second kappa shape index (κ2) is 7.44. The van der Waals surface area contributed by atoms with Crippen LogP contribution in [0.2, 0.25) is 0 Å². The fourth-order valence-corrected chi connectivity index (χ4v) is 3.87. The highest BCUT2D eigenvalue weighted by Crippen LogP contribution is 2.29. The zero-order valence-corrected chi connectivity index (χ0v) is 16.2. The van der Waals surface area contributed by atoms with Gasteiger partial charge in [-0.1, -0.05) is 36.4 Å². The van der Waals surface area contributed by atoms with Crippen molar-refractivity contribution in [2.45, 2.75) is 6.42 Å². The summed E-state index contributed by atoms with van der Waals surface area (Å²) in [5, 5.41) is 3.88. The first-order chi connectivity index (χ1) is 14.7. The number of aromatic nitrogens is 1. The number of nitrogens with zero attached hydrogens (tertiary/aromatic N) is 2. The van der Waals surface area contributed by atoms with Gasteiger partial charge in [0, 0.05) is 34.9 Å². The van der Waals surface area contributed by atoms with Crippen molar-refractivity contribution in [2.75, 3.05) is 16.8 Å². The van der Waals surface area contributed by atoms with E-state index >= 15 is 0 Å². The fraction of sp³-hybridized carbons (Fsp3) is 0.0800. The fourth-order valence-electron chi connectivity index (χ4n) is 3.87. The molecule has 0 saturated carbocycles. The van der Waals surface area contributed by atoms with Crippen LogP contribution in [0.3, 0.4) is 0 Å². The molecule has 2 heterocycles. The number of rotatable bonds is 3. The lowest BCUT2D eigenvalue weighted by molar-refractivity contribution is 0.0986. The average Bonchev–Trinajstić information content (AvgIpc) is 3.23. The van der Waals surface area contributed by atoms with E-state index in [1.165, 1.54) is 5.56 Å². The van der Waals surface area contributed by atoms with Crippen LogP contribution in [0.25, 0.3) is 10.9 Å².